The van der Waals surface area contributed by atoms with Crippen LogP contribution in [0.15, 0.2) is 231 Å². The molecule has 1 aromatic heterocycles. The van der Waals surface area contributed by atoms with Crippen LogP contribution in [-0.2, 0) is 5.41 Å². The maximum Gasteiger partial charge on any atom is 0.0726 e. The molecule has 1 heterocycles. The van der Waals surface area contributed by atoms with E-state index in [-0.39, 0.29) is 0 Å². The van der Waals surface area contributed by atoms with Crippen LogP contribution < -0.4 is 9.80 Å². The molecule has 0 N–H and O–H groups in total. The van der Waals surface area contributed by atoms with E-state index in [2.05, 4.69) is 240 Å². The van der Waals surface area contributed by atoms with Gasteiger partial charge in [0.05, 0.1) is 11.1 Å². The van der Waals surface area contributed by atoms with Crippen molar-refractivity contribution in [2.75, 3.05) is 9.80 Å². The molecule has 0 fully saturated rings. The molecule has 13 rings (SSSR count). The third kappa shape index (κ3) is 4.97. The van der Waals surface area contributed by atoms with Gasteiger partial charge in [0.25, 0.3) is 0 Å². The van der Waals surface area contributed by atoms with E-state index < -0.39 is 5.41 Å². The lowest BCUT2D eigenvalue weighted by molar-refractivity contribution is 0.794. The first kappa shape index (κ1) is 35.1. The fourth-order valence-electron chi connectivity index (χ4n) is 10.8. The lowest BCUT2D eigenvalue weighted by Gasteiger charge is -2.33. The van der Waals surface area contributed by atoms with E-state index in [9.17, 15) is 0 Å². The van der Waals surface area contributed by atoms with Gasteiger partial charge in [-0.15, -0.1) is 11.3 Å². The van der Waals surface area contributed by atoms with Gasteiger partial charge in [-0.25, -0.2) is 0 Å². The standard InChI is InChI=1S/C59H38N2S/c1-4-18-39(19-5-1)60(40-20-6-2-7-21-40)42-32-34-56-49(36-42)50-37-43(33-35-57(50)62-56)61(41-22-8-3-9-23-41)55-38-54-58(47-27-11-10-26-46(47)55)48-28-14-17-31-53(48)59(54)51-29-15-12-24-44(51)45-25-13-16-30-52(45)59/h1-38H. The lowest BCUT2D eigenvalue weighted by atomic mass is 9.70. The Bertz CT molecular complexity index is 3450. The molecule has 2 aliphatic carbocycles. The van der Waals surface area contributed by atoms with Crippen LogP contribution in [0.1, 0.15) is 22.3 Å². The maximum atomic E-state index is 2.54. The Morgan fingerprint density at radius 1 is 0.290 bits per heavy atom. The molecule has 2 aliphatic rings. The first-order valence-corrected chi connectivity index (χ1v) is 22.2. The van der Waals surface area contributed by atoms with Crippen LogP contribution in [0, 0.1) is 0 Å². The van der Waals surface area contributed by atoms with Gasteiger partial charge in [-0.05, 0) is 129 Å². The van der Waals surface area contributed by atoms with Crippen molar-refractivity contribution in [1.82, 2.24) is 0 Å². The first-order chi connectivity index (χ1) is 30.8. The van der Waals surface area contributed by atoms with Gasteiger partial charge in [0, 0.05) is 54.0 Å². The topological polar surface area (TPSA) is 6.48 Å². The summed E-state index contributed by atoms with van der Waals surface area (Å²) in [5.41, 5.74) is 17.0. The fraction of sp³-hybridized carbons (Fsp3) is 0.0169. The molecular formula is C59H38N2S. The zero-order valence-corrected chi connectivity index (χ0v) is 34.6. The van der Waals surface area contributed by atoms with Crippen molar-refractivity contribution in [2.45, 2.75) is 5.41 Å². The minimum Gasteiger partial charge on any atom is -0.310 e. The zero-order chi connectivity index (χ0) is 40.8. The molecule has 10 aromatic carbocycles. The van der Waals surface area contributed by atoms with Gasteiger partial charge in [0.1, 0.15) is 0 Å². The monoisotopic (exact) mass is 806 g/mol. The number of anilines is 6. The Hall–Kier alpha value is -7.72. The van der Waals surface area contributed by atoms with E-state index in [1.165, 1.54) is 81.1 Å². The van der Waals surface area contributed by atoms with Crippen molar-refractivity contribution in [1.29, 1.82) is 0 Å². The van der Waals surface area contributed by atoms with Crippen molar-refractivity contribution >= 4 is 76.4 Å². The second-order valence-electron chi connectivity index (χ2n) is 16.4. The Kier molecular flexibility index (Phi) is 7.72. The molecule has 0 radical (unpaired) electrons. The van der Waals surface area contributed by atoms with Gasteiger partial charge in [-0.3, -0.25) is 0 Å². The van der Waals surface area contributed by atoms with E-state index in [1.54, 1.807) is 0 Å². The molecule has 1 spiro atoms. The van der Waals surface area contributed by atoms with E-state index in [0.717, 1.165) is 28.4 Å². The number of hydrogen-bond acceptors (Lipinski definition) is 3. The van der Waals surface area contributed by atoms with Crippen LogP contribution in [0.2, 0.25) is 0 Å². The van der Waals surface area contributed by atoms with Crippen molar-refractivity contribution in [2.24, 2.45) is 0 Å². The summed E-state index contributed by atoms with van der Waals surface area (Å²) in [5.74, 6) is 0. The van der Waals surface area contributed by atoms with Crippen molar-refractivity contribution in [3.05, 3.63) is 253 Å². The first-order valence-electron chi connectivity index (χ1n) is 21.3. The highest BCUT2D eigenvalue weighted by Gasteiger charge is 2.52. The molecule has 0 saturated carbocycles. The van der Waals surface area contributed by atoms with Crippen LogP contribution in [-0.4, -0.2) is 0 Å². The lowest BCUT2D eigenvalue weighted by Crippen LogP contribution is -2.26. The number of para-hydroxylation sites is 3. The summed E-state index contributed by atoms with van der Waals surface area (Å²) in [6.45, 7) is 0. The largest absolute Gasteiger partial charge is 0.310 e. The number of rotatable bonds is 6. The van der Waals surface area contributed by atoms with Crippen molar-refractivity contribution in [3.8, 4) is 22.3 Å². The maximum absolute atomic E-state index is 2.54. The minimum atomic E-state index is -0.465. The number of hydrogen-bond donors (Lipinski definition) is 0. The molecule has 0 amide bonds. The van der Waals surface area contributed by atoms with Gasteiger partial charge in [-0.2, -0.15) is 0 Å². The van der Waals surface area contributed by atoms with Gasteiger partial charge < -0.3 is 9.80 Å². The third-order valence-corrected chi connectivity index (χ3v) is 14.4. The molecule has 0 aliphatic heterocycles. The molecule has 0 atom stereocenters. The molecular weight excluding hydrogens is 769 g/mol. The summed E-state index contributed by atoms with van der Waals surface area (Å²) in [5, 5.41) is 4.99. The molecule has 0 bridgehead atoms. The highest BCUT2D eigenvalue weighted by Crippen LogP contribution is 2.65. The SMILES string of the molecule is c1ccc(N(c2ccccc2)c2ccc3sc4ccc(N(c5ccccc5)c5cc6c(c7ccccc57)-c5ccccc5C65c6ccccc6-c6ccccc65)cc4c3c2)cc1. The van der Waals surface area contributed by atoms with Crippen molar-refractivity contribution in [3.63, 3.8) is 0 Å². The molecule has 0 saturated heterocycles. The third-order valence-electron chi connectivity index (χ3n) is 13.2. The summed E-state index contributed by atoms with van der Waals surface area (Å²) in [7, 11) is 0. The van der Waals surface area contributed by atoms with Crippen molar-refractivity contribution < 1.29 is 0 Å². The van der Waals surface area contributed by atoms with Gasteiger partial charge in [-0.1, -0.05) is 152 Å². The smallest absolute Gasteiger partial charge is 0.0726 e. The Labute approximate surface area is 364 Å². The second kappa shape index (κ2) is 13.7. The summed E-state index contributed by atoms with van der Waals surface area (Å²) in [6.07, 6.45) is 0. The number of thiophene rings is 1. The van der Waals surface area contributed by atoms with Crippen LogP contribution in [0.25, 0.3) is 53.2 Å². The van der Waals surface area contributed by atoms with Gasteiger partial charge >= 0.3 is 0 Å². The van der Waals surface area contributed by atoms with Crippen LogP contribution in [0.3, 0.4) is 0 Å². The minimum absolute atomic E-state index is 0.465. The predicted octanol–water partition coefficient (Wildman–Crippen LogP) is 16.5. The summed E-state index contributed by atoms with van der Waals surface area (Å²) >= 11 is 1.86. The molecule has 0 unspecified atom stereocenters. The summed E-state index contributed by atoms with van der Waals surface area (Å²) < 4.78 is 2.54. The Morgan fingerprint density at radius 2 is 0.710 bits per heavy atom. The van der Waals surface area contributed by atoms with Crippen LogP contribution in [0.4, 0.5) is 34.1 Å². The van der Waals surface area contributed by atoms with Gasteiger partial charge in [0.15, 0.2) is 0 Å². The summed E-state index contributed by atoms with van der Waals surface area (Å²) in [4.78, 5) is 4.85. The Morgan fingerprint density at radius 3 is 1.26 bits per heavy atom. The normalized spacial score (nSPS) is 13.0. The average molecular weight is 807 g/mol. The molecule has 290 valence electrons. The Balaban J connectivity index is 1.07. The highest BCUT2D eigenvalue weighted by molar-refractivity contribution is 7.25. The second-order valence-corrected chi connectivity index (χ2v) is 17.5. The fourth-order valence-corrected chi connectivity index (χ4v) is 11.8. The average Bonchev–Trinajstić information content (AvgIpc) is 3.96. The zero-order valence-electron chi connectivity index (χ0n) is 33.7. The van der Waals surface area contributed by atoms with Crippen LogP contribution >= 0.6 is 11.3 Å². The van der Waals surface area contributed by atoms with E-state index >= 15 is 0 Å². The van der Waals surface area contributed by atoms with Gasteiger partial charge in [0.2, 0.25) is 0 Å². The van der Waals surface area contributed by atoms with E-state index in [4.69, 9.17) is 0 Å². The van der Waals surface area contributed by atoms with E-state index in [1.807, 2.05) is 11.3 Å². The molecule has 3 heteroatoms. The number of fused-ring (bicyclic) bond motifs is 15. The number of nitrogens with zero attached hydrogens (tertiary/aromatic N) is 2. The van der Waals surface area contributed by atoms with E-state index in [0.29, 0.717) is 0 Å². The quantitative estimate of drug-likeness (QED) is 0.165. The number of benzene rings is 10. The summed E-state index contributed by atoms with van der Waals surface area (Å²) in [6, 6.07) is 85.2. The molecule has 62 heavy (non-hydrogen) atoms. The molecule has 11 aromatic rings. The predicted molar refractivity (Wildman–Crippen MR) is 263 cm³/mol. The van der Waals surface area contributed by atoms with Crippen LogP contribution in [0.5, 0.6) is 0 Å². The highest BCUT2D eigenvalue weighted by atomic mass is 32.1. The molecule has 2 nitrogen and oxygen atoms in total.